The van der Waals surface area contributed by atoms with Crippen molar-refractivity contribution in [2.24, 2.45) is 0 Å². The first-order valence-corrected chi connectivity index (χ1v) is 9.10. The van der Waals surface area contributed by atoms with E-state index in [1.54, 1.807) is 0 Å². The van der Waals surface area contributed by atoms with Crippen LogP contribution >= 0.6 is 0 Å². The van der Waals surface area contributed by atoms with Crippen LogP contribution in [-0.2, 0) is 12.8 Å². The minimum absolute atomic E-state index is 0.245. The fraction of sp³-hybridized carbons (Fsp3) is 0.647. The highest BCUT2D eigenvalue weighted by atomic mass is 16.1. The molecule has 0 unspecified atom stereocenters. The molecule has 8 heteroatoms. The van der Waals surface area contributed by atoms with E-state index in [0.29, 0.717) is 11.9 Å². The van der Waals surface area contributed by atoms with E-state index in [2.05, 4.69) is 48.4 Å². The molecule has 3 rings (SSSR count). The van der Waals surface area contributed by atoms with Crippen LogP contribution in [0.2, 0.25) is 0 Å². The van der Waals surface area contributed by atoms with Gasteiger partial charge >= 0.3 is 5.69 Å². The van der Waals surface area contributed by atoms with Crippen molar-refractivity contribution in [1.29, 1.82) is 0 Å². The number of aryl methyl sites for hydroxylation is 2. The van der Waals surface area contributed by atoms with Crippen LogP contribution in [-0.4, -0.2) is 50.8 Å². The number of H-pyrrole nitrogens is 2. The molecule has 1 aliphatic heterocycles. The number of hydrogen-bond acceptors (Lipinski definition) is 6. The van der Waals surface area contributed by atoms with Gasteiger partial charge in [0.15, 0.2) is 0 Å². The van der Waals surface area contributed by atoms with Gasteiger partial charge in [-0.2, -0.15) is 5.10 Å². The first-order chi connectivity index (χ1) is 12.1. The highest BCUT2D eigenvalue weighted by molar-refractivity contribution is 5.40. The van der Waals surface area contributed by atoms with Gasteiger partial charge < -0.3 is 10.2 Å². The molecule has 0 aromatic carbocycles. The number of hydrogen-bond donors (Lipinski definition) is 3. The molecule has 0 atom stereocenters. The smallest absolute Gasteiger partial charge is 0.340 e. The molecular weight excluding hydrogens is 318 g/mol. The number of nitrogens with zero attached hydrogens (tertiary/aromatic N) is 4. The Morgan fingerprint density at radius 3 is 2.76 bits per heavy atom. The zero-order valence-corrected chi connectivity index (χ0v) is 15.0. The van der Waals surface area contributed by atoms with Crippen LogP contribution in [0.4, 0.5) is 5.82 Å². The molecule has 1 aliphatic rings. The number of nitrogens with one attached hydrogen (secondary N) is 3. The van der Waals surface area contributed by atoms with Gasteiger partial charge in [-0.05, 0) is 26.2 Å². The molecule has 136 valence electrons. The van der Waals surface area contributed by atoms with Gasteiger partial charge in [0, 0.05) is 43.9 Å². The topological polar surface area (TPSA) is 103 Å². The van der Waals surface area contributed by atoms with Crippen molar-refractivity contribution < 1.29 is 0 Å². The van der Waals surface area contributed by atoms with E-state index < -0.39 is 0 Å². The predicted molar refractivity (Wildman–Crippen MR) is 96.9 cm³/mol. The monoisotopic (exact) mass is 345 g/mol. The third kappa shape index (κ3) is 4.88. The summed E-state index contributed by atoms with van der Waals surface area (Å²) in [6.07, 6.45) is 5.00. The molecule has 0 radical (unpaired) electrons. The summed E-state index contributed by atoms with van der Waals surface area (Å²) >= 11 is 0. The highest BCUT2D eigenvalue weighted by Gasteiger charge is 2.20. The summed E-state index contributed by atoms with van der Waals surface area (Å²) in [4.78, 5) is 25.2. The van der Waals surface area contributed by atoms with E-state index in [-0.39, 0.29) is 5.69 Å². The van der Waals surface area contributed by atoms with Crippen molar-refractivity contribution in [2.45, 2.75) is 52.0 Å². The average Bonchev–Trinajstić information content (AvgIpc) is 3.01. The van der Waals surface area contributed by atoms with E-state index in [0.717, 1.165) is 69.1 Å². The lowest BCUT2D eigenvalue weighted by Gasteiger charge is -2.33. The Hall–Kier alpha value is -2.22. The van der Waals surface area contributed by atoms with Gasteiger partial charge in [-0.25, -0.2) is 19.9 Å². The van der Waals surface area contributed by atoms with E-state index in [4.69, 9.17) is 0 Å². The van der Waals surface area contributed by atoms with Gasteiger partial charge in [0.2, 0.25) is 0 Å². The quantitative estimate of drug-likeness (QED) is 0.690. The van der Waals surface area contributed by atoms with Crippen LogP contribution < -0.4 is 15.9 Å². The molecule has 0 spiro atoms. The summed E-state index contributed by atoms with van der Waals surface area (Å²) in [6, 6.07) is 2.64. The maximum atomic E-state index is 11.0. The van der Waals surface area contributed by atoms with Gasteiger partial charge in [-0.3, -0.25) is 4.98 Å². The van der Waals surface area contributed by atoms with Gasteiger partial charge in [0.05, 0.1) is 0 Å². The summed E-state index contributed by atoms with van der Waals surface area (Å²) in [7, 11) is 0. The minimum atomic E-state index is -0.245. The Labute approximate surface area is 147 Å². The molecular formula is C17H27N7O. The molecule has 0 saturated carbocycles. The number of aromatic nitrogens is 5. The average molecular weight is 345 g/mol. The summed E-state index contributed by atoms with van der Waals surface area (Å²) < 4.78 is 0. The highest BCUT2D eigenvalue weighted by Crippen LogP contribution is 2.19. The lowest BCUT2D eigenvalue weighted by Crippen LogP contribution is -2.43. The van der Waals surface area contributed by atoms with Crippen molar-refractivity contribution in [3.8, 4) is 0 Å². The SMILES string of the molecule is CCCc1cc(N2CCC(NCCc3n[nH]c(=O)[nH]3)CC2)nc(C)n1. The lowest BCUT2D eigenvalue weighted by molar-refractivity contribution is 0.415. The molecule has 0 aliphatic carbocycles. The second-order valence-corrected chi connectivity index (χ2v) is 6.60. The molecule has 2 aromatic heterocycles. The van der Waals surface area contributed by atoms with Crippen LogP contribution in [0.5, 0.6) is 0 Å². The largest absolute Gasteiger partial charge is 0.356 e. The minimum Gasteiger partial charge on any atom is -0.356 e. The van der Waals surface area contributed by atoms with E-state index in [1.165, 1.54) is 0 Å². The van der Waals surface area contributed by atoms with Gasteiger partial charge in [0.1, 0.15) is 17.5 Å². The van der Waals surface area contributed by atoms with Crippen molar-refractivity contribution in [3.63, 3.8) is 0 Å². The van der Waals surface area contributed by atoms with E-state index >= 15 is 0 Å². The molecule has 8 nitrogen and oxygen atoms in total. The summed E-state index contributed by atoms with van der Waals surface area (Å²) in [5.41, 5.74) is 0.893. The molecule has 1 fully saturated rings. The normalized spacial score (nSPS) is 15.7. The van der Waals surface area contributed by atoms with Crippen molar-refractivity contribution in [3.05, 3.63) is 33.9 Å². The third-order valence-corrected chi connectivity index (χ3v) is 4.55. The second kappa shape index (κ2) is 8.24. The molecule has 3 N–H and O–H groups in total. The molecule has 2 aromatic rings. The van der Waals surface area contributed by atoms with Crippen LogP contribution in [0.1, 0.15) is 43.5 Å². The molecule has 0 amide bonds. The van der Waals surface area contributed by atoms with Crippen molar-refractivity contribution in [1.82, 2.24) is 30.5 Å². The molecule has 3 heterocycles. The first kappa shape index (κ1) is 17.6. The van der Waals surface area contributed by atoms with Crippen LogP contribution in [0.3, 0.4) is 0 Å². The first-order valence-electron chi connectivity index (χ1n) is 9.10. The van der Waals surface area contributed by atoms with E-state index in [9.17, 15) is 4.79 Å². The van der Waals surface area contributed by atoms with Gasteiger partial charge in [-0.1, -0.05) is 13.3 Å². The Bertz CT molecular complexity index is 731. The van der Waals surface area contributed by atoms with E-state index in [1.807, 2.05) is 6.92 Å². The number of piperidine rings is 1. The van der Waals surface area contributed by atoms with Crippen molar-refractivity contribution in [2.75, 3.05) is 24.5 Å². The second-order valence-electron chi connectivity index (χ2n) is 6.60. The standard InChI is InChI=1S/C17H27N7O/c1-3-4-14-11-16(20-12(2)19-14)24-9-6-13(7-10-24)18-8-5-15-21-17(25)23-22-15/h11,13,18H,3-10H2,1-2H3,(H2,21,22,23,25). The third-order valence-electron chi connectivity index (χ3n) is 4.55. The summed E-state index contributed by atoms with van der Waals surface area (Å²) in [6.45, 7) is 6.96. The number of aromatic amines is 2. The fourth-order valence-corrected chi connectivity index (χ4v) is 3.29. The number of anilines is 1. The summed E-state index contributed by atoms with van der Waals surface area (Å²) in [5.74, 6) is 2.62. The zero-order chi connectivity index (χ0) is 17.6. The van der Waals surface area contributed by atoms with Crippen molar-refractivity contribution >= 4 is 5.82 Å². The molecule has 25 heavy (non-hydrogen) atoms. The lowest BCUT2D eigenvalue weighted by atomic mass is 10.0. The Morgan fingerprint density at radius 2 is 2.08 bits per heavy atom. The Morgan fingerprint density at radius 1 is 1.28 bits per heavy atom. The van der Waals surface area contributed by atoms with Gasteiger partial charge in [-0.15, -0.1) is 0 Å². The Kier molecular flexibility index (Phi) is 5.80. The fourth-order valence-electron chi connectivity index (χ4n) is 3.29. The van der Waals surface area contributed by atoms with Crippen LogP contribution in [0.25, 0.3) is 0 Å². The summed E-state index contributed by atoms with van der Waals surface area (Å²) in [5, 5.41) is 9.88. The zero-order valence-electron chi connectivity index (χ0n) is 15.0. The maximum absolute atomic E-state index is 11.0. The van der Waals surface area contributed by atoms with Crippen LogP contribution in [0, 0.1) is 6.92 Å². The number of rotatable bonds is 7. The molecule has 0 bridgehead atoms. The molecule has 1 saturated heterocycles. The predicted octanol–water partition coefficient (Wildman–Crippen LogP) is 0.950. The van der Waals surface area contributed by atoms with Gasteiger partial charge in [0.25, 0.3) is 0 Å². The maximum Gasteiger partial charge on any atom is 0.340 e. The Balaban J connectivity index is 1.47. The van der Waals surface area contributed by atoms with Crippen LogP contribution in [0.15, 0.2) is 10.9 Å².